The Hall–Kier alpha value is -0.860. The Balaban J connectivity index is 2.08. The van der Waals surface area contributed by atoms with Crippen molar-refractivity contribution in [2.75, 3.05) is 0 Å². The van der Waals surface area contributed by atoms with Crippen molar-refractivity contribution in [3.63, 3.8) is 0 Å². The molecule has 0 heterocycles. The van der Waals surface area contributed by atoms with Crippen LogP contribution in [0.1, 0.15) is 51.0 Å². The van der Waals surface area contributed by atoms with Gasteiger partial charge in [0.15, 0.2) is 0 Å². The number of hydrogen-bond acceptors (Lipinski definition) is 2. The first-order valence-corrected chi connectivity index (χ1v) is 6.63. The Morgan fingerprint density at radius 2 is 1.82 bits per heavy atom. The van der Waals surface area contributed by atoms with E-state index in [0.717, 1.165) is 12.0 Å². The highest BCUT2D eigenvalue weighted by Crippen LogP contribution is 2.37. The lowest BCUT2D eigenvalue weighted by atomic mass is 9.79. The van der Waals surface area contributed by atoms with Gasteiger partial charge < -0.3 is 0 Å². The summed E-state index contributed by atoms with van der Waals surface area (Å²) in [4.78, 5) is 4.83. The van der Waals surface area contributed by atoms with Gasteiger partial charge in [-0.1, -0.05) is 62.4 Å². The van der Waals surface area contributed by atoms with E-state index in [-0.39, 0.29) is 0 Å². The second kappa shape index (κ2) is 5.65. The molecule has 1 aromatic rings. The Morgan fingerprint density at radius 3 is 2.41 bits per heavy atom. The molecule has 2 nitrogen and oxygen atoms in total. The predicted molar refractivity (Wildman–Crippen MR) is 68.7 cm³/mol. The van der Waals surface area contributed by atoms with Crippen molar-refractivity contribution in [2.24, 2.45) is 5.92 Å². The van der Waals surface area contributed by atoms with Crippen LogP contribution >= 0.6 is 0 Å². The molecule has 1 aromatic carbocycles. The van der Waals surface area contributed by atoms with Crippen LogP contribution in [-0.2, 0) is 10.5 Å². The van der Waals surface area contributed by atoms with Gasteiger partial charge >= 0.3 is 0 Å². The summed E-state index contributed by atoms with van der Waals surface area (Å²) in [5, 5.41) is 9.27. The molecule has 0 spiro atoms. The van der Waals surface area contributed by atoms with Crippen LogP contribution in [-0.4, -0.2) is 5.26 Å². The van der Waals surface area contributed by atoms with Gasteiger partial charge in [-0.3, -0.25) is 5.26 Å². The largest absolute Gasteiger partial charge is 0.251 e. The van der Waals surface area contributed by atoms with Gasteiger partial charge in [0.1, 0.15) is 5.60 Å². The molecule has 1 saturated carbocycles. The number of benzene rings is 1. The molecule has 0 bridgehead atoms. The zero-order valence-electron chi connectivity index (χ0n) is 10.6. The molecule has 2 heteroatoms. The third kappa shape index (κ3) is 3.08. The van der Waals surface area contributed by atoms with Crippen LogP contribution in [0, 0.1) is 5.92 Å². The molecule has 0 amide bonds. The van der Waals surface area contributed by atoms with Crippen LogP contribution < -0.4 is 0 Å². The number of hydrogen-bond donors (Lipinski definition) is 1. The Bertz CT molecular complexity index is 330. The maximum Gasteiger partial charge on any atom is 0.126 e. The summed E-state index contributed by atoms with van der Waals surface area (Å²) in [7, 11) is 0. The van der Waals surface area contributed by atoms with Crippen LogP contribution in [0.25, 0.3) is 0 Å². The molecule has 1 fully saturated rings. The molecule has 1 atom stereocenters. The fourth-order valence-electron chi connectivity index (χ4n) is 2.94. The topological polar surface area (TPSA) is 29.5 Å². The quantitative estimate of drug-likeness (QED) is 0.619. The maximum absolute atomic E-state index is 9.27. The highest BCUT2D eigenvalue weighted by molar-refractivity contribution is 5.21. The van der Waals surface area contributed by atoms with E-state index in [1.807, 2.05) is 37.3 Å². The fourth-order valence-corrected chi connectivity index (χ4v) is 2.94. The van der Waals surface area contributed by atoms with E-state index in [1.165, 1.54) is 32.1 Å². The normalized spacial score (nSPS) is 21.1. The van der Waals surface area contributed by atoms with Crippen LogP contribution in [0.4, 0.5) is 0 Å². The third-order valence-corrected chi connectivity index (χ3v) is 3.99. The molecule has 0 saturated heterocycles. The summed E-state index contributed by atoms with van der Waals surface area (Å²) in [6.07, 6.45) is 7.45. The lowest BCUT2D eigenvalue weighted by Crippen LogP contribution is -2.28. The fraction of sp³-hybridized carbons (Fsp3) is 0.600. The van der Waals surface area contributed by atoms with E-state index in [4.69, 9.17) is 4.89 Å². The predicted octanol–water partition coefficient (Wildman–Crippen LogP) is 4.36. The van der Waals surface area contributed by atoms with E-state index in [2.05, 4.69) is 0 Å². The van der Waals surface area contributed by atoms with Crippen molar-refractivity contribution in [3.8, 4) is 0 Å². The van der Waals surface area contributed by atoms with Crippen molar-refractivity contribution in [2.45, 2.75) is 51.0 Å². The van der Waals surface area contributed by atoms with Gasteiger partial charge in [0.2, 0.25) is 0 Å². The molecule has 1 N–H and O–H groups in total. The van der Waals surface area contributed by atoms with Gasteiger partial charge in [-0.05, 0) is 24.8 Å². The first-order valence-electron chi connectivity index (χ1n) is 6.63. The summed E-state index contributed by atoms with van der Waals surface area (Å²) in [5.41, 5.74) is 0.511. The van der Waals surface area contributed by atoms with Gasteiger partial charge in [0.05, 0.1) is 0 Å². The first kappa shape index (κ1) is 12.6. The molecule has 2 rings (SSSR count). The van der Waals surface area contributed by atoms with Crippen molar-refractivity contribution < 1.29 is 10.1 Å². The van der Waals surface area contributed by atoms with Crippen molar-refractivity contribution >= 4 is 0 Å². The Kier molecular flexibility index (Phi) is 4.19. The van der Waals surface area contributed by atoms with Crippen molar-refractivity contribution in [1.29, 1.82) is 0 Å². The van der Waals surface area contributed by atoms with Crippen LogP contribution in [0.3, 0.4) is 0 Å². The van der Waals surface area contributed by atoms with Crippen LogP contribution in [0.15, 0.2) is 30.3 Å². The summed E-state index contributed by atoms with van der Waals surface area (Å²) in [6, 6.07) is 10.0. The zero-order chi connectivity index (χ0) is 12.1. The Labute approximate surface area is 104 Å². The molecule has 0 aliphatic heterocycles. The maximum atomic E-state index is 9.27. The molecule has 1 unspecified atom stereocenters. The molecule has 94 valence electrons. The first-order chi connectivity index (χ1) is 8.24. The summed E-state index contributed by atoms with van der Waals surface area (Å²) >= 11 is 0. The van der Waals surface area contributed by atoms with E-state index in [1.54, 1.807) is 0 Å². The molecule has 1 aliphatic carbocycles. The molecule has 17 heavy (non-hydrogen) atoms. The lowest BCUT2D eigenvalue weighted by Gasteiger charge is -2.32. The highest BCUT2D eigenvalue weighted by atomic mass is 17.1. The molecular weight excluding hydrogens is 212 g/mol. The van der Waals surface area contributed by atoms with E-state index >= 15 is 0 Å². The van der Waals surface area contributed by atoms with Crippen molar-refractivity contribution in [3.05, 3.63) is 35.9 Å². The average Bonchev–Trinajstić information content (AvgIpc) is 2.41. The highest BCUT2D eigenvalue weighted by Gasteiger charge is 2.32. The van der Waals surface area contributed by atoms with Gasteiger partial charge in [-0.15, -0.1) is 0 Å². The third-order valence-electron chi connectivity index (χ3n) is 3.99. The zero-order valence-corrected chi connectivity index (χ0v) is 10.6. The van der Waals surface area contributed by atoms with E-state index in [9.17, 15) is 5.26 Å². The average molecular weight is 234 g/mol. The van der Waals surface area contributed by atoms with Crippen molar-refractivity contribution in [1.82, 2.24) is 0 Å². The lowest BCUT2D eigenvalue weighted by molar-refractivity contribution is -0.328. The van der Waals surface area contributed by atoms with E-state index < -0.39 is 5.60 Å². The minimum absolute atomic E-state index is 0.552. The second-order valence-corrected chi connectivity index (χ2v) is 5.40. The smallest absolute Gasteiger partial charge is 0.126 e. The summed E-state index contributed by atoms with van der Waals surface area (Å²) in [5.74, 6) is 0.682. The van der Waals surface area contributed by atoms with Gasteiger partial charge in [0, 0.05) is 0 Å². The molecular formula is C15H22O2. The minimum Gasteiger partial charge on any atom is -0.251 e. The standard InChI is InChI=1S/C15H22O2/c1-15(17-16,14-10-6-3-7-11-14)12-13-8-4-2-5-9-13/h3,6-7,10-11,13,16H,2,4-5,8-9,12H2,1H3. The van der Waals surface area contributed by atoms with Gasteiger partial charge in [0.25, 0.3) is 0 Å². The number of rotatable bonds is 4. The summed E-state index contributed by atoms with van der Waals surface area (Å²) in [6.45, 7) is 1.98. The Morgan fingerprint density at radius 1 is 1.18 bits per heavy atom. The van der Waals surface area contributed by atoms with Crippen LogP contribution in [0.5, 0.6) is 0 Å². The van der Waals surface area contributed by atoms with E-state index in [0.29, 0.717) is 5.92 Å². The second-order valence-electron chi connectivity index (χ2n) is 5.40. The minimum atomic E-state index is -0.552. The molecule has 0 aromatic heterocycles. The SMILES string of the molecule is CC(CC1CCCCC1)(OO)c1ccccc1. The summed E-state index contributed by atoms with van der Waals surface area (Å²) < 4.78 is 0. The van der Waals surface area contributed by atoms with Gasteiger partial charge in [-0.25, -0.2) is 4.89 Å². The monoisotopic (exact) mass is 234 g/mol. The molecule has 0 radical (unpaired) electrons. The van der Waals surface area contributed by atoms with Crippen LogP contribution in [0.2, 0.25) is 0 Å². The van der Waals surface area contributed by atoms with Gasteiger partial charge in [-0.2, -0.15) is 0 Å². The molecule has 1 aliphatic rings.